The maximum atomic E-state index is 11.4. The summed E-state index contributed by atoms with van der Waals surface area (Å²) in [5.74, 6) is 5.69. The Hall–Kier alpha value is -1.79. The molecule has 2 rings (SSSR count). The third-order valence-electron chi connectivity index (χ3n) is 2.30. The third kappa shape index (κ3) is 2.07. The molecule has 1 aromatic carbocycles. The number of ether oxygens (including phenoxy) is 1. The van der Waals surface area contributed by atoms with E-state index >= 15 is 0 Å². The average Bonchev–Trinajstić information content (AvgIpc) is 2.28. The van der Waals surface area contributed by atoms with Crippen LogP contribution < -0.4 is 26.6 Å². The second-order valence-electron chi connectivity index (χ2n) is 3.52. The zero-order chi connectivity index (χ0) is 11.5. The van der Waals surface area contributed by atoms with Crippen LogP contribution in [0.5, 0.6) is 5.75 Å². The zero-order valence-corrected chi connectivity index (χ0v) is 8.91. The van der Waals surface area contributed by atoms with Gasteiger partial charge < -0.3 is 15.4 Å². The lowest BCUT2D eigenvalue weighted by atomic mass is 10.2. The number of fused-ring (bicyclic) bond motifs is 1. The molecule has 0 saturated heterocycles. The first-order valence-electron chi connectivity index (χ1n) is 4.99. The fourth-order valence-corrected chi connectivity index (χ4v) is 1.47. The molecule has 1 atom stereocenters. The minimum absolute atomic E-state index is 0.137. The van der Waals surface area contributed by atoms with Gasteiger partial charge >= 0.3 is 0 Å². The van der Waals surface area contributed by atoms with Gasteiger partial charge in [0.25, 0.3) is 5.91 Å². The van der Waals surface area contributed by atoms with E-state index in [1.165, 1.54) is 0 Å². The number of hydrazine groups is 1. The van der Waals surface area contributed by atoms with Crippen LogP contribution in [-0.2, 0) is 4.79 Å². The van der Waals surface area contributed by atoms with Crippen LogP contribution in [0.15, 0.2) is 18.2 Å². The Kier molecular flexibility index (Phi) is 2.93. The number of rotatable bonds is 3. The van der Waals surface area contributed by atoms with Crippen molar-refractivity contribution in [3.8, 4) is 5.75 Å². The average molecular weight is 222 g/mol. The van der Waals surface area contributed by atoms with E-state index in [0.29, 0.717) is 18.1 Å². The number of carbonyl (C=O) groups excluding carboxylic acids is 1. The van der Waals surface area contributed by atoms with Crippen LogP contribution in [0.2, 0.25) is 0 Å². The molecule has 1 amide bonds. The zero-order valence-electron chi connectivity index (χ0n) is 8.91. The van der Waals surface area contributed by atoms with Crippen LogP contribution in [0.1, 0.15) is 6.92 Å². The quantitative estimate of drug-likeness (QED) is 0.334. The van der Waals surface area contributed by atoms with Gasteiger partial charge in [-0.05, 0) is 25.1 Å². The van der Waals surface area contributed by atoms with E-state index in [1.54, 1.807) is 13.0 Å². The molecule has 16 heavy (non-hydrogen) atoms. The lowest BCUT2D eigenvalue weighted by Gasteiger charge is -2.23. The van der Waals surface area contributed by atoms with Crippen molar-refractivity contribution in [3.05, 3.63) is 18.2 Å². The van der Waals surface area contributed by atoms with Crippen LogP contribution in [0.3, 0.4) is 0 Å². The summed E-state index contributed by atoms with van der Waals surface area (Å²) in [5.41, 5.74) is 4.01. The highest BCUT2D eigenvalue weighted by molar-refractivity contribution is 5.98. The van der Waals surface area contributed by atoms with E-state index in [1.807, 2.05) is 12.1 Å². The van der Waals surface area contributed by atoms with E-state index in [-0.39, 0.29) is 5.91 Å². The topological polar surface area (TPSA) is 88.4 Å². The Morgan fingerprint density at radius 1 is 1.56 bits per heavy atom. The lowest BCUT2D eigenvalue weighted by Crippen LogP contribution is -2.34. The predicted octanol–water partition coefficient (Wildman–Crippen LogP) is 0.239. The number of benzene rings is 1. The molecule has 86 valence electrons. The Morgan fingerprint density at radius 3 is 3.12 bits per heavy atom. The molecule has 1 aliphatic rings. The first-order chi connectivity index (χ1) is 7.70. The minimum Gasteiger partial charge on any atom is -0.479 e. The van der Waals surface area contributed by atoms with Gasteiger partial charge in [-0.15, -0.1) is 0 Å². The molecular formula is C10H14N4O2. The van der Waals surface area contributed by atoms with Gasteiger partial charge in [0.2, 0.25) is 0 Å². The van der Waals surface area contributed by atoms with Gasteiger partial charge in [0.1, 0.15) is 5.75 Å². The largest absolute Gasteiger partial charge is 0.479 e. The van der Waals surface area contributed by atoms with E-state index < -0.39 is 6.10 Å². The normalized spacial score (nSPS) is 18.4. The molecule has 0 spiro atoms. The number of hydrogen-bond acceptors (Lipinski definition) is 5. The highest BCUT2D eigenvalue weighted by atomic mass is 16.5. The van der Waals surface area contributed by atoms with E-state index in [9.17, 15) is 4.79 Å². The predicted molar refractivity (Wildman–Crippen MR) is 61.0 cm³/mol. The Labute approximate surface area is 93.1 Å². The molecule has 0 aliphatic carbocycles. The van der Waals surface area contributed by atoms with E-state index in [2.05, 4.69) is 16.1 Å². The summed E-state index contributed by atoms with van der Waals surface area (Å²) in [6.45, 7) is 2.16. The molecule has 1 aromatic rings. The maximum absolute atomic E-state index is 11.4. The molecule has 1 unspecified atom stereocenters. The van der Waals surface area contributed by atoms with Crippen molar-refractivity contribution in [2.45, 2.75) is 13.0 Å². The summed E-state index contributed by atoms with van der Waals surface area (Å²) in [5, 5.41) is 5.80. The summed E-state index contributed by atoms with van der Waals surface area (Å²) >= 11 is 0. The number of nitrogens with one attached hydrogen (secondary N) is 3. The molecular weight excluding hydrogens is 208 g/mol. The van der Waals surface area contributed by atoms with Crippen molar-refractivity contribution < 1.29 is 9.53 Å². The number of amides is 1. The fourth-order valence-electron chi connectivity index (χ4n) is 1.47. The lowest BCUT2D eigenvalue weighted by molar-refractivity contribution is -0.122. The molecule has 0 radical (unpaired) electrons. The molecule has 1 aliphatic heterocycles. The number of nitrogens with two attached hydrogens (primary N) is 1. The fraction of sp³-hybridized carbons (Fsp3) is 0.300. The van der Waals surface area contributed by atoms with Crippen molar-refractivity contribution in [1.82, 2.24) is 5.43 Å². The van der Waals surface area contributed by atoms with Crippen molar-refractivity contribution in [2.24, 2.45) is 5.84 Å². The minimum atomic E-state index is -0.447. The summed E-state index contributed by atoms with van der Waals surface area (Å²) in [7, 11) is 0. The van der Waals surface area contributed by atoms with Crippen molar-refractivity contribution >= 4 is 17.3 Å². The summed E-state index contributed by atoms with van der Waals surface area (Å²) < 4.78 is 5.42. The first kappa shape index (κ1) is 10.7. The van der Waals surface area contributed by atoms with E-state index in [0.717, 1.165) is 5.69 Å². The third-order valence-corrected chi connectivity index (χ3v) is 2.30. The van der Waals surface area contributed by atoms with Crippen LogP contribution in [0, 0.1) is 0 Å². The second-order valence-corrected chi connectivity index (χ2v) is 3.52. The van der Waals surface area contributed by atoms with Gasteiger partial charge in [0.05, 0.1) is 12.4 Å². The molecule has 0 saturated carbocycles. The number of carbonyl (C=O) groups is 1. The number of hydrogen-bond donors (Lipinski definition) is 4. The summed E-state index contributed by atoms with van der Waals surface area (Å²) in [4.78, 5) is 11.4. The molecule has 0 bridgehead atoms. The highest BCUT2D eigenvalue weighted by Gasteiger charge is 2.23. The molecule has 6 nitrogen and oxygen atoms in total. The van der Waals surface area contributed by atoms with Gasteiger partial charge in [-0.1, -0.05) is 0 Å². The molecule has 6 heteroatoms. The standard InChI is InChI=1S/C10H14N4O2/c1-6-10(15)14-8-4-7(12-5-13-11)2-3-9(8)16-6/h2-4,6,12-13H,5,11H2,1H3,(H,14,15). The van der Waals surface area contributed by atoms with Crippen molar-refractivity contribution in [3.63, 3.8) is 0 Å². The monoisotopic (exact) mass is 222 g/mol. The molecule has 1 heterocycles. The van der Waals surface area contributed by atoms with Crippen molar-refractivity contribution in [1.29, 1.82) is 0 Å². The van der Waals surface area contributed by atoms with E-state index in [4.69, 9.17) is 10.6 Å². The Bertz CT molecular complexity index is 408. The van der Waals surface area contributed by atoms with Crippen LogP contribution in [0.25, 0.3) is 0 Å². The summed E-state index contributed by atoms with van der Waals surface area (Å²) in [6.07, 6.45) is -0.447. The van der Waals surface area contributed by atoms with Gasteiger partial charge in [-0.3, -0.25) is 10.6 Å². The maximum Gasteiger partial charge on any atom is 0.265 e. The van der Waals surface area contributed by atoms with Crippen LogP contribution in [-0.4, -0.2) is 18.7 Å². The Morgan fingerprint density at radius 2 is 2.38 bits per heavy atom. The second kappa shape index (κ2) is 4.38. The smallest absolute Gasteiger partial charge is 0.265 e. The highest BCUT2D eigenvalue weighted by Crippen LogP contribution is 2.31. The molecule has 0 aromatic heterocycles. The SMILES string of the molecule is CC1Oc2ccc(NCNN)cc2NC1=O. The van der Waals surface area contributed by atoms with Gasteiger partial charge in [-0.2, -0.15) is 0 Å². The van der Waals surface area contributed by atoms with Crippen LogP contribution in [0.4, 0.5) is 11.4 Å². The summed E-state index contributed by atoms with van der Waals surface area (Å²) in [6, 6.07) is 5.47. The molecule has 5 N–H and O–H groups in total. The van der Waals surface area contributed by atoms with Gasteiger partial charge in [0.15, 0.2) is 6.10 Å². The first-order valence-corrected chi connectivity index (χ1v) is 4.99. The van der Waals surface area contributed by atoms with Gasteiger partial charge in [-0.25, -0.2) is 5.43 Å². The van der Waals surface area contributed by atoms with Crippen molar-refractivity contribution in [2.75, 3.05) is 17.3 Å². The number of anilines is 2. The van der Waals surface area contributed by atoms with Gasteiger partial charge in [0, 0.05) is 5.69 Å². The van der Waals surface area contributed by atoms with Crippen LogP contribution >= 0.6 is 0 Å². The Balaban J connectivity index is 2.19. The molecule has 0 fully saturated rings.